The van der Waals surface area contributed by atoms with E-state index >= 15 is 0 Å². The molecule has 0 atom stereocenters. The summed E-state index contributed by atoms with van der Waals surface area (Å²) in [7, 11) is 3.16. The average Bonchev–Trinajstić information content (AvgIpc) is 2.78. The maximum Gasteiger partial charge on any atom is 0.260 e. The van der Waals surface area contributed by atoms with Crippen molar-refractivity contribution in [1.29, 1.82) is 0 Å². The minimum atomic E-state index is -0.282. The Hall–Kier alpha value is -3.06. The zero-order chi connectivity index (χ0) is 22.2. The summed E-state index contributed by atoms with van der Waals surface area (Å²) in [5, 5.41) is 0. The quantitative estimate of drug-likeness (QED) is 0.643. The number of amides is 1. The Balaban J connectivity index is 1.51. The Morgan fingerprint density at radius 3 is 2.39 bits per heavy atom. The van der Waals surface area contributed by atoms with Crippen molar-refractivity contribution in [2.45, 2.75) is 13.5 Å². The van der Waals surface area contributed by atoms with E-state index in [1.54, 1.807) is 25.2 Å². The van der Waals surface area contributed by atoms with E-state index in [0.29, 0.717) is 50.0 Å². The lowest BCUT2D eigenvalue weighted by atomic mass is 10.1. The molecule has 1 heterocycles. The second-order valence-electron chi connectivity index (χ2n) is 7.31. The van der Waals surface area contributed by atoms with Gasteiger partial charge in [0.1, 0.15) is 11.6 Å². The summed E-state index contributed by atoms with van der Waals surface area (Å²) < 4.78 is 30.0. The number of piperazine rings is 1. The highest BCUT2D eigenvalue weighted by molar-refractivity contribution is 5.78. The molecular weight excluding hydrogens is 399 g/mol. The van der Waals surface area contributed by atoms with Crippen molar-refractivity contribution in [1.82, 2.24) is 9.80 Å². The number of carbonyl (C=O) groups is 1. The molecule has 1 saturated heterocycles. The van der Waals surface area contributed by atoms with Crippen LogP contribution in [-0.4, -0.2) is 62.7 Å². The van der Waals surface area contributed by atoms with Crippen LogP contribution in [0.1, 0.15) is 18.1 Å². The summed E-state index contributed by atoms with van der Waals surface area (Å²) >= 11 is 0. The monoisotopic (exact) mass is 428 g/mol. The van der Waals surface area contributed by atoms with Gasteiger partial charge in [-0.15, -0.1) is 0 Å². The maximum atomic E-state index is 13.6. The van der Waals surface area contributed by atoms with Crippen molar-refractivity contribution in [3.05, 3.63) is 59.4 Å². The van der Waals surface area contributed by atoms with E-state index in [4.69, 9.17) is 14.2 Å². The third kappa shape index (κ3) is 5.98. The first-order chi connectivity index (χ1) is 15.0. The maximum absolute atomic E-state index is 13.6. The number of carbonyl (C=O) groups excluding carboxylic acids is 1. The van der Waals surface area contributed by atoms with Crippen molar-refractivity contribution < 1.29 is 23.4 Å². The Morgan fingerprint density at radius 2 is 1.71 bits per heavy atom. The van der Waals surface area contributed by atoms with Gasteiger partial charge >= 0.3 is 0 Å². The van der Waals surface area contributed by atoms with Crippen molar-refractivity contribution in [2.75, 3.05) is 47.0 Å². The summed E-state index contributed by atoms with van der Waals surface area (Å²) in [6, 6.07) is 10.1. The molecule has 1 amide bonds. The molecule has 7 heteroatoms. The Morgan fingerprint density at radius 1 is 1.00 bits per heavy atom. The normalized spacial score (nSPS) is 14.6. The van der Waals surface area contributed by atoms with Crippen LogP contribution in [-0.2, 0) is 11.3 Å². The van der Waals surface area contributed by atoms with E-state index in [-0.39, 0.29) is 18.3 Å². The molecule has 0 aliphatic carbocycles. The molecule has 166 valence electrons. The second kappa shape index (κ2) is 10.8. The van der Waals surface area contributed by atoms with E-state index < -0.39 is 0 Å². The first-order valence-electron chi connectivity index (χ1n) is 10.3. The number of benzene rings is 2. The molecule has 0 unspecified atom stereocenters. The molecule has 1 aliphatic heterocycles. The van der Waals surface area contributed by atoms with Gasteiger partial charge < -0.3 is 19.1 Å². The van der Waals surface area contributed by atoms with Gasteiger partial charge in [-0.05, 0) is 42.8 Å². The smallest absolute Gasteiger partial charge is 0.260 e. The van der Waals surface area contributed by atoms with E-state index in [0.717, 1.165) is 11.1 Å². The van der Waals surface area contributed by atoms with Gasteiger partial charge in [-0.1, -0.05) is 18.2 Å². The number of halogens is 1. The molecule has 1 fully saturated rings. The highest BCUT2D eigenvalue weighted by Crippen LogP contribution is 2.28. The predicted octanol–water partition coefficient (Wildman–Crippen LogP) is 3.60. The van der Waals surface area contributed by atoms with Crippen LogP contribution in [0.3, 0.4) is 0 Å². The summed E-state index contributed by atoms with van der Waals surface area (Å²) in [5.74, 6) is 1.46. The third-order valence-corrected chi connectivity index (χ3v) is 5.26. The zero-order valence-electron chi connectivity index (χ0n) is 18.3. The SMILES string of the molecule is C/C=C/c1ccc(OCC(=O)N2CCN(Cc3cc(F)ccc3OC)CC2)c(OC)c1. The summed E-state index contributed by atoms with van der Waals surface area (Å²) in [6.45, 7) is 5.07. The molecule has 0 N–H and O–H groups in total. The highest BCUT2D eigenvalue weighted by atomic mass is 19.1. The summed E-state index contributed by atoms with van der Waals surface area (Å²) in [5.41, 5.74) is 1.81. The number of nitrogens with zero attached hydrogens (tertiary/aromatic N) is 2. The van der Waals surface area contributed by atoms with E-state index in [1.807, 2.05) is 37.3 Å². The number of rotatable bonds is 8. The average molecular weight is 429 g/mol. The summed E-state index contributed by atoms with van der Waals surface area (Å²) in [6.07, 6.45) is 3.92. The van der Waals surface area contributed by atoms with Crippen LogP contribution in [0.25, 0.3) is 6.08 Å². The predicted molar refractivity (Wildman–Crippen MR) is 118 cm³/mol. The van der Waals surface area contributed by atoms with Crippen LogP contribution in [0.4, 0.5) is 4.39 Å². The van der Waals surface area contributed by atoms with Gasteiger partial charge in [-0.25, -0.2) is 4.39 Å². The molecule has 0 aromatic heterocycles. The molecule has 0 bridgehead atoms. The molecule has 0 saturated carbocycles. The lowest BCUT2D eigenvalue weighted by Crippen LogP contribution is -2.49. The largest absolute Gasteiger partial charge is 0.496 e. The lowest BCUT2D eigenvalue weighted by Gasteiger charge is -2.34. The van der Waals surface area contributed by atoms with Gasteiger partial charge in [0, 0.05) is 38.3 Å². The molecule has 0 spiro atoms. The highest BCUT2D eigenvalue weighted by Gasteiger charge is 2.22. The fourth-order valence-corrected chi connectivity index (χ4v) is 3.60. The van der Waals surface area contributed by atoms with Crippen LogP contribution < -0.4 is 14.2 Å². The molecule has 1 aliphatic rings. The Kier molecular flexibility index (Phi) is 7.89. The molecule has 0 radical (unpaired) electrons. The van der Waals surface area contributed by atoms with Crippen LogP contribution in [0.5, 0.6) is 17.2 Å². The van der Waals surface area contributed by atoms with Crippen molar-refractivity contribution >= 4 is 12.0 Å². The number of hydrogen-bond acceptors (Lipinski definition) is 5. The fourth-order valence-electron chi connectivity index (χ4n) is 3.60. The van der Waals surface area contributed by atoms with Crippen LogP contribution >= 0.6 is 0 Å². The first-order valence-corrected chi connectivity index (χ1v) is 10.3. The fraction of sp³-hybridized carbons (Fsp3) is 0.375. The minimum Gasteiger partial charge on any atom is -0.496 e. The van der Waals surface area contributed by atoms with Crippen LogP contribution in [0.15, 0.2) is 42.5 Å². The van der Waals surface area contributed by atoms with Crippen molar-refractivity contribution in [3.8, 4) is 17.2 Å². The molecule has 6 nitrogen and oxygen atoms in total. The molecule has 2 aromatic carbocycles. The van der Waals surface area contributed by atoms with Crippen LogP contribution in [0, 0.1) is 5.82 Å². The van der Waals surface area contributed by atoms with E-state index in [2.05, 4.69) is 4.90 Å². The number of methoxy groups -OCH3 is 2. The summed E-state index contributed by atoms with van der Waals surface area (Å²) in [4.78, 5) is 16.6. The lowest BCUT2D eigenvalue weighted by molar-refractivity contribution is -0.135. The van der Waals surface area contributed by atoms with Gasteiger partial charge in [0.2, 0.25) is 0 Å². The second-order valence-corrected chi connectivity index (χ2v) is 7.31. The van der Waals surface area contributed by atoms with Gasteiger partial charge in [-0.3, -0.25) is 9.69 Å². The van der Waals surface area contributed by atoms with Crippen LogP contribution in [0.2, 0.25) is 0 Å². The van der Waals surface area contributed by atoms with Gasteiger partial charge in [0.25, 0.3) is 5.91 Å². The van der Waals surface area contributed by atoms with E-state index in [1.165, 1.54) is 12.1 Å². The van der Waals surface area contributed by atoms with Crippen molar-refractivity contribution in [3.63, 3.8) is 0 Å². The van der Waals surface area contributed by atoms with Crippen molar-refractivity contribution in [2.24, 2.45) is 0 Å². The first kappa shape index (κ1) is 22.6. The molecule has 2 aromatic rings. The van der Waals surface area contributed by atoms with Gasteiger partial charge in [-0.2, -0.15) is 0 Å². The van der Waals surface area contributed by atoms with Gasteiger partial charge in [0.15, 0.2) is 18.1 Å². The number of allylic oxidation sites excluding steroid dienone is 1. The van der Waals surface area contributed by atoms with E-state index in [9.17, 15) is 9.18 Å². The Bertz CT molecular complexity index is 924. The van der Waals surface area contributed by atoms with Gasteiger partial charge in [0.05, 0.1) is 14.2 Å². The Labute approximate surface area is 182 Å². The number of hydrogen-bond donors (Lipinski definition) is 0. The zero-order valence-corrected chi connectivity index (χ0v) is 18.3. The topological polar surface area (TPSA) is 51.2 Å². The molecular formula is C24H29FN2O4. The molecule has 31 heavy (non-hydrogen) atoms. The third-order valence-electron chi connectivity index (χ3n) is 5.26. The number of ether oxygens (including phenoxy) is 3. The minimum absolute atomic E-state index is 0.0446. The molecule has 3 rings (SSSR count). The standard InChI is InChI=1S/C24H29FN2O4/c1-4-5-18-6-8-22(23(14-18)30-3)31-17-24(28)27-12-10-26(11-13-27)16-19-15-20(25)7-9-21(19)29-2/h4-9,14-15H,10-13,16-17H2,1-3H3/b5-4+.